The van der Waals surface area contributed by atoms with Crippen LogP contribution >= 0.6 is 0 Å². The number of nitrogens with zero attached hydrogens (tertiary/aromatic N) is 3. The molecule has 2 aliphatic heterocycles. The topological polar surface area (TPSA) is 65.1 Å². The van der Waals surface area contributed by atoms with Gasteiger partial charge in [0.15, 0.2) is 0 Å². The number of hydrogen-bond donors (Lipinski definition) is 1. The molecule has 0 spiro atoms. The molecule has 1 atom stereocenters. The van der Waals surface area contributed by atoms with Gasteiger partial charge < -0.3 is 19.9 Å². The SMILES string of the molecule is C[C@H]1CN(Cc2ccc(CCC(=O)N3CCC(Nc4cccc(F)c4)CC3)cc2)CCN1C(=O)OCc1ccccc1. The minimum absolute atomic E-state index is 0.0782. The minimum atomic E-state index is -0.255. The second-order valence-electron chi connectivity index (χ2n) is 11.4. The lowest BCUT2D eigenvalue weighted by molar-refractivity contribution is -0.132. The van der Waals surface area contributed by atoms with Crippen LogP contribution in [0.5, 0.6) is 0 Å². The van der Waals surface area contributed by atoms with E-state index in [4.69, 9.17) is 4.74 Å². The number of carbonyl (C=O) groups excluding carboxylic acids is 2. The number of rotatable bonds is 9. The lowest BCUT2D eigenvalue weighted by Gasteiger charge is -2.39. The summed E-state index contributed by atoms with van der Waals surface area (Å²) in [7, 11) is 0. The number of amides is 2. The second kappa shape index (κ2) is 14.3. The zero-order valence-corrected chi connectivity index (χ0v) is 24.4. The standard InChI is InChI=1S/C34H41FN4O3/c1-26-23-37(20-21-39(26)34(41)42-25-29-6-3-2-4-7-29)24-28-12-10-27(11-13-28)14-15-33(40)38-18-16-31(17-19-38)36-32-9-5-8-30(35)22-32/h2-13,22,26,31,36H,14-21,23-25H2,1H3/t26-/m0/s1. The molecule has 8 heteroatoms. The number of ether oxygens (including phenoxy) is 1. The Labute approximate surface area is 248 Å². The molecule has 42 heavy (non-hydrogen) atoms. The van der Waals surface area contributed by atoms with Crippen molar-refractivity contribution in [1.29, 1.82) is 0 Å². The van der Waals surface area contributed by atoms with Gasteiger partial charge in [-0.3, -0.25) is 9.69 Å². The number of benzene rings is 3. The normalized spacial score (nSPS) is 18.1. The zero-order chi connectivity index (χ0) is 29.3. The number of piperazine rings is 1. The molecule has 3 aromatic rings. The molecule has 1 N–H and O–H groups in total. The number of halogens is 1. The first-order valence-corrected chi connectivity index (χ1v) is 15.0. The van der Waals surface area contributed by atoms with Crippen molar-refractivity contribution in [2.75, 3.05) is 38.0 Å². The molecule has 3 aromatic carbocycles. The molecular formula is C34H41FN4O3. The molecule has 2 saturated heterocycles. The number of nitrogens with one attached hydrogen (secondary N) is 1. The van der Waals surface area contributed by atoms with E-state index in [1.54, 1.807) is 6.07 Å². The van der Waals surface area contributed by atoms with Gasteiger partial charge in [0.2, 0.25) is 5.91 Å². The Bertz CT molecular complexity index is 1310. The summed E-state index contributed by atoms with van der Waals surface area (Å²) in [5.74, 6) is -0.0514. The fraction of sp³-hybridized carbons (Fsp3) is 0.412. The fourth-order valence-corrected chi connectivity index (χ4v) is 5.82. The van der Waals surface area contributed by atoms with Gasteiger partial charge in [-0.1, -0.05) is 60.7 Å². The van der Waals surface area contributed by atoms with Crippen LogP contribution in [0.3, 0.4) is 0 Å². The highest BCUT2D eigenvalue weighted by Crippen LogP contribution is 2.19. The molecule has 2 amide bonds. The highest BCUT2D eigenvalue weighted by atomic mass is 19.1. The average molecular weight is 573 g/mol. The molecule has 0 aliphatic carbocycles. The number of likely N-dealkylation sites (tertiary alicyclic amines) is 1. The van der Waals surface area contributed by atoms with Crippen molar-refractivity contribution in [2.24, 2.45) is 0 Å². The quantitative estimate of drug-likeness (QED) is 0.356. The van der Waals surface area contributed by atoms with Crippen LogP contribution in [0.15, 0.2) is 78.9 Å². The first-order valence-electron chi connectivity index (χ1n) is 15.0. The van der Waals surface area contributed by atoms with Crippen LogP contribution in [0.1, 0.15) is 42.9 Å². The number of piperidine rings is 1. The van der Waals surface area contributed by atoms with Crippen LogP contribution in [-0.4, -0.2) is 71.5 Å². The molecule has 222 valence electrons. The van der Waals surface area contributed by atoms with E-state index in [9.17, 15) is 14.0 Å². The van der Waals surface area contributed by atoms with Crippen molar-refractivity contribution in [3.05, 3.63) is 101 Å². The van der Waals surface area contributed by atoms with Gasteiger partial charge in [0.1, 0.15) is 12.4 Å². The molecule has 0 bridgehead atoms. The molecule has 2 heterocycles. The Kier molecular flexibility index (Phi) is 10.1. The van der Waals surface area contributed by atoms with Gasteiger partial charge in [0.25, 0.3) is 0 Å². The van der Waals surface area contributed by atoms with Gasteiger partial charge in [-0.2, -0.15) is 0 Å². The maximum Gasteiger partial charge on any atom is 0.410 e. The van der Waals surface area contributed by atoms with Gasteiger partial charge in [-0.05, 0) is 61.1 Å². The number of aryl methyl sites for hydroxylation is 1. The summed E-state index contributed by atoms with van der Waals surface area (Å²) < 4.78 is 19.0. The third kappa shape index (κ3) is 8.32. The Hall–Kier alpha value is -3.91. The molecular weight excluding hydrogens is 531 g/mol. The van der Waals surface area contributed by atoms with Crippen LogP contribution in [0.25, 0.3) is 0 Å². The molecule has 2 aliphatic rings. The van der Waals surface area contributed by atoms with Gasteiger partial charge in [0.05, 0.1) is 0 Å². The van der Waals surface area contributed by atoms with Crippen molar-refractivity contribution in [3.63, 3.8) is 0 Å². The lowest BCUT2D eigenvalue weighted by Crippen LogP contribution is -2.53. The summed E-state index contributed by atoms with van der Waals surface area (Å²) in [6, 6.07) is 25.2. The maximum atomic E-state index is 13.4. The minimum Gasteiger partial charge on any atom is -0.445 e. The summed E-state index contributed by atoms with van der Waals surface area (Å²) in [5.41, 5.74) is 4.17. The summed E-state index contributed by atoms with van der Waals surface area (Å²) in [6.45, 7) is 6.88. The molecule has 5 rings (SSSR count). The van der Waals surface area contributed by atoms with Gasteiger partial charge in [0, 0.05) is 63.5 Å². The van der Waals surface area contributed by atoms with E-state index < -0.39 is 0 Å². The van der Waals surface area contributed by atoms with Crippen LogP contribution in [0, 0.1) is 5.82 Å². The smallest absolute Gasteiger partial charge is 0.410 e. The molecule has 0 saturated carbocycles. The van der Waals surface area contributed by atoms with Crippen molar-refractivity contribution in [1.82, 2.24) is 14.7 Å². The fourth-order valence-electron chi connectivity index (χ4n) is 5.82. The number of hydrogen-bond acceptors (Lipinski definition) is 5. The zero-order valence-electron chi connectivity index (χ0n) is 24.4. The predicted molar refractivity (Wildman–Crippen MR) is 162 cm³/mol. The Morgan fingerprint density at radius 3 is 2.33 bits per heavy atom. The van der Waals surface area contributed by atoms with E-state index in [2.05, 4.69) is 41.4 Å². The van der Waals surface area contributed by atoms with E-state index in [1.807, 2.05) is 46.2 Å². The number of carbonyl (C=O) groups is 2. The van der Waals surface area contributed by atoms with E-state index in [0.717, 1.165) is 68.8 Å². The van der Waals surface area contributed by atoms with Gasteiger partial charge in [-0.25, -0.2) is 9.18 Å². The third-order valence-electron chi connectivity index (χ3n) is 8.25. The van der Waals surface area contributed by atoms with Crippen LogP contribution in [0.4, 0.5) is 14.9 Å². The predicted octanol–water partition coefficient (Wildman–Crippen LogP) is 5.70. The van der Waals surface area contributed by atoms with Gasteiger partial charge in [-0.15, -0.1) is 0 Å². The second-order valence-corrected chi connectivity index (χ2v) is 11.4. The Morgan fingerprint density at radius 2 is 1.62 bits per heavy atom. The molecule has 0 radical (unpaired) electrons. The average Bonchev–Trinajstić information content (AvgIpc) is 3.00. The molecule has 0 aromatic heterocycles. The summed E-state index contributed by atoms with van der Waals surface area (Å²) in [5, 5.41) is 3.39. The summed E-state index contributed by atoms with van der Waals surface area (Å²) in [6.07, 6.45) is 2.69. The van der Waals surface area contributed by atoms with Crippen molar-refractivity contribution < 1.29 is 18.7 Å². The van der Waals surface area contributed by atoms with Crippen molar-refractivity contribution >= 4 is 17.7 Å². The number of anilines is 1. The first kappa shape index (κ1) is 29.6. The summed E-state index contributed by atoms with van der Waals surface area (Å²) in [4.78, 5) is 31.6. The van der Waals surface area contributed by atoms with Crippen LogP contribution in [-0.2, 0) is 29.1 Å². The molecule has 7 nitrogen and oxygen atoms in total. The van der Waals surface area contributed by atoms with Crippen molar-refractivity contribution in [2.45, 2.75) is 57.8 Å². The maximum absolute atomic E-state index is 13.4. The van der Waals surface area contributed by atoms with Crippen LogP contribution in [0.2, 0.25) is 0 Å². The van der Waals surface area contributed by atoms with E-state index >= 15 is 0 Å². The van der Waals surface area contributed by atoms with Gasteiger partial charge >= 0.3 is 6.09 Å². The van der Waals surface area contributed by atoms with E-state index in [-0.39, 0.29) is 29.9 Å². The monoisotopic (exact) mass is 572 g/mol. The molecule has 0 unspecified atom stereocenters. The van der Waals surface area contributed by atoms with Crippen LogP contribution < -0.4 is 5.32 Å². The largest absolute Gasteiger partial charge is 0.445 e. The Balaban J connectivity index is 1.00. The highest BCUT2D eigenvalue weighted by Gasteiger charge is 2.28. The van der Waals surface area contributed by atoms with Crippen molar-refractivity contribution in [3.8, 4) is 0 Å². The Morgan fingerprint density at radius 1 is 0.881 bits per heavy atom. The van der Waals surface area contributed by atoms with E-state index in [0.29, 0.717) is 19.6 Å². The first-order chi connectivity index (χ1) is 20.4. The lowest BCUT2D eigenvalue weighted by atomic mass is 10.0. The summed E-state index contributed by atoms with van der Waals surface area (Å²) >= 11 is 0. The third-order valence-corrected chi connectivity index (χ3v) is 8.25. The van der Waals surface area contributed by atoms with E-state index in [1.165, 1.54) is 17.7 Å². The molecule has 2 fully saturated rings. The highest BCUT2D eigenvalue weighted by molar-refractivity contribution is 5.76.